The second-order valence-electron chi connectivity index (χ2n) is 4.47. The highest BCUT2D eigenvalue weighted by atomic mass is 16.5. The van der Waals surface area contributed by atoms with E-state index in [0.717, 1.165) is 32.1 Å². The Morgan fingerprint density at radius 3 is 2.25 bits per heavy atom. The van der Waals surface area contributed by atoms with Crippen LogP contribution < -0.4 is 0 Å². The van der Waals surface area contributed by atoms with E-state index in [1.165, 1.54) is 19.3 Å². The molecule has 0 radical (unpaired) electrons. The Morgan fingerprint density at radius 2 is 1.69 bits per heavy atom. The first-order chi connectivity index (χ1) is 7.74. The predicted molar refractivity (Wildman–Crippen MR) is 68.5 cm³/mol. The van der Waals surface area contributed by atoms with Gasteiger partial charge in [-0.05, 0) is 19.3 Å². The number of unbranched alkanes of at least 4 members (excludes halogenated alkanes) is 4. The number of carbonyl (C=O) groups is 1. The second kappa shape index (κ2) is 11.0. The zero-order valence-corrected chi connectivity index (χ0v) is 11.3. The molecule has 0 rings (SSSR count). The van der Waals surface area contributed by atoms with Gasteiger partial charge in [0.25, 0.3) is 0 Å². The van der Waals surface area contributed by atoms with Gasteiger partial charge >= 0.3 is 5.97 Å². The number of hydrogen-bond acceptors (Lipinski definition) is 2. The van der Waals surface area contributed by atoms with Crippen molar-refractivity contribution in [2.75, 3.05) is 0 Å². The number of carbonyl (C=O) groups excluding carboxylic acids is 1. The summed E-state index contributed by atoms with van der Waals surface area (Å²) < 4.78 is 5.44. The molecule has 0 N–H and O–H groups in total. The summed E-state index contributed by atoms with van der Waals surface area (Å²) in [6.45, 7) is 6.43. The summed E-state index contributed by atoms with van der Waals surface area (Å²) in [5, 5.41) is 0. The van der Waals surface area contributed by atoms with Crippen LogP contribution in [0.2, 0.25) is 0 Å². The highest BCUT2D eigenvalue weighted by molar-refractivity contribution is 5.69. The minimum Gasteiger partial charge on any atom is -0.462 e. The van der Waals surface area contributed by atoms with E-state index in [1.807, 2.05) is 0 Å². The lowest BCUT2D eigenvalue weighted by Gasteiger charge is -2.15. The van der Waals surface area contributed by atoms with Gasteiger partial charge in [-0.15, -0.1) is 0 Å². The maximum Gasteiger partial charge on any atom is 0.306 e. The third-order valence-electron chi connectivity index (χ3n) is 2.87. The van der Waals surface area contributed by atoms with Crippen molar-refractivity contribution in [3.05, 3.63) is 0 Å². The van der Waals surface area contributed by atoms with E-state index in [1.54, 1.807) is 0 Å². The van der Waals surface area contributed by atoms with Gasteiger partial charge in [0.15, 0.2) is 0 Å². The van der Waals surface area contributed by atoms with Gasteiger partial charge in [0.1, 0.15) is 6.10 Å². The average Bonchev–Trinajstić information content (AvgIpc) is 2.30. The Hall–Kier alpha value is -0.530. The second-order valence-corrected chi connectivity index (χ2v) is 4.47. The molecule has 0 unspecified atom stereocenters. The molecule has 0 heterocycles. The molecule has 0 fully saturated rings. The maximum absolute atomic E-state index is 11.5. The molecule has 0 aromatic rings. The molecule has 0 spiro atoms. The topological polar surface area (TPSA) is 26.3 Å². The van der Waals surface area contributed by atoms with E-state index >= 15 is 0 Å². The van der Waals surface area contributed by atoms with Gasteiger partial charge in [-0.25, -0.2) is 0 Å². The van der Waals surface area contributed by atoms with Crippen LogP contribution in [-0.2, 0) is 9.53 Å². The van der Waals surface area contributed by atoms with Crippen molar-refractivity contribution in [1.82, 2.24) is 0 Å². The Bertz CT molecular complexity index is 166. The van der Waals surface area contributed by atoms with Crippen LogP contribution in [0.5, 0.6) is 0 Å². The fraction of sp³-hybridized carbons (Fsp3) is 0.929. The van der Waals surface area contributed by atoms with Gasteiger partial charge in [-0.2, -0.15) is 0 Å². The first kappa shape index (κ1) is 15.5. The lowest BCUT2D eigenvalue weighted by molar-refractivity contribution is -0.149. The van der Waals surface area contributed by atoms with Crippen molar-refractivity contribution >= 4 is 5.97 Å². The molecule has 0 aromatic carbocycles. The highest BCUT2D eigenvalue weighted by Crippen LogP contribution is 2.11. The molecular formula is C14H28O2. The number of hydrogen-bond donors (Lipinski definition) is 0. The number of rotatable bonds is 10. The maximum atomic E-state index is 11.5. The van der Waals surface area contributed by atoms with Crippen molar-refractivity contribution in [3.8, 4) is 0 Å². The Kier molecular flexibility index (Phi) is 10.6. The van der Waals surface area contributed by atoms with E-state index in [2.05, 4.69) is 20.8 Å². The zero-order chi connectivity index (χ0) is 12.2. The van der Waals surface area contributed by atoms with Crippen molar-refractivity contribution in [3.63, 3.8) is 0 Å². The number of esters is 1. The fourth-order valence-corrected chi connectivity index (χ4v) is 1.72. The van der Waals surface area contributed by atoms with Crippen molar-refractivity contribution in [1.29, 1.82) is 0 Å². The third-order valence-corrected chi connectivity index (χ3v) is 2.87. The van der Waals surface area contributed by atoms with Crippen LogP contribution in [0.1, 0.15) is 78.6 Å². The third kappa shape index (κ3) is 8.75. The van der Waals surface area contributed by atoms with Crippen LogP contribution in [0.25, 0.3) is 0 Å². The van der Waals surface area contributed by atoms with E-state index in [9.17, 15) is 4.79 Å². The quantitative estimate of drug-likeness (QED) is 0.407. The van der Waals surface area contributed by atoms with E-state index in [4.69, 9.17) is 4.74 Å². The normalized spacial score (nSPS) is 12.4. The van der Waals surface area contributed by atoms with Crippen LogP contribution in [-0.4, -0.2) is 12.1 Å². The largest absolute Gasteiger partial charge is 0.462 e. The molecule has 0 aliphatic carbocycles. The van der Waals surface area contributed by atoms with Crippen LogP contribution in [0.15, 0.2) is 0 Å². The summed E-state index contributed by atoms with van der Waals surface area (Å²) in [6.07, 6.45) is 9.61. The fourth-order valence-electron chi connectivity index (χ4n) is 1.72. The first-order valence-electron chi connectivity index (χ1n) is 6.94. The minimum absolute atomic E-state index is 0.000874. The Labute approximate surface area is 101 Å². The monoisotopic (exact) mass is 228 g/mol. The summed E-state index contributed by atoms with van der Waals surface area (Å²) in [4.78, 5) is 11.5. The predicted octanol–water partition coefficient (Wildman–Crippen LogP) is 4.47. The SMILES string of the molecule is CCCCCCC(=O)O[C@@H](CC)CCCC. The molecule has 0 aliphatic rings. The van der Waals surface area contributed by atoms with Crippen molar-refractivity contribution < 1.29 is 9.53 Å². The molecule has 2 heteroatoms. The van der Waals surface area contributed by atoms with Gasteiger partial charge < -0.3 is 4.74 Å². The summed E-state index contributed by atoms with van der Waals surface area (Å²) in [5.74, 6) is -0.000874. The molecule has 96 valence electrons. The van der Waals surface area contributed by atoms with E-state index < -0.39 is 0 Å². The molecule has 16 heavy (non-hydrogen) atoms. The molecule has 1 atom stereocenters. The van der Waals surface area contributed by atoms with Gasteiger partial charge in [0.2, 0.25) is 0 Å². The molecule has 0 aromatic heterocycles. The highest BCUT2D eigenvalue weighted by Gasteiger charge is 2.11. The van der Waals surface area contributed by atoms with Gasteiger partial charge in [0.05, 0.1) is 0 Å². The zero-order valence-electron chi connectivity index (χ0n) is 11.3. The van der Waals surface area contributed by atoms with Crippen LogP contribution in [0, 0.1) is 0 Å². The molecule has 0 saturated carbocycles. The molecule has 0 bridgehead atoms. The van der Waals surface area contributed by atoms with E-state index in [-0.39, 0.29) is 12.1 Å². The molecule has 2 nitrogen and oxygen atoms in total. The summed E-state index contributed by atoms with van der Waals surface area (Å²) in [6, 6.07) is 0. The number of ether oxygens (including phenoxy) is 1. The molecule has 0 saturated heterocycles. The van der Waals surface area contributed by atoms with Gasteiger partial charge in [-0.1, -0.05) is 52.9 Å². The van der Waals surface area contributed by atoms with Crippen LogP contribution in [0.3, 0.4) is 0 Å². The summed E-state index contributed by atoms with van der Waals surface area (Å²) in [5.41, 5.74) is 0. The summed E-state index contributed by atoms with van der Waals surface area (Å²) >= 11 is 0. The average molecular weight is 228 g/mol. The Morgan fingerprint density at radius 1 is 1.00 bits per heavy atom. The first-order valence-corrected chi connectivity index (χ1v) is 6.94. The molecule has 0 aliphatic heterocycles. The smallest absolute Gasteiger partial charge is 0.306 e. The minimum atomic E-state index is -0.000874. The Balaban J connectivity index is 3.57. The van der Waals surface area contributed by atoms with Crippen molar-refractivity contribution in [2.24, 2.45) is 0 Å². The van der Waals surface area contributed by atoms with Crippen LogP contribution in [0.4, 0.5) is 0 Å². The standard InChI is InChI=1S/C14H28O2/c1-4-7-9-10-12-14(15)16-13(6-3)11-8-5-2/h13H,4-12H2,1-3H3/t13-/m0/s1. The van der Waals surface area contributed by atoms with Gasteiger partial charge in [0, 0.05) is 6.42 Å². The molecular weight excluding hydrogens is 200 g/mol. The summed E-state index contributed by atoms with van der Waals surface area (Å²) in [7, 11) is 0. The lowest BCUT2D eigenvalue weighted by atomic mass is 10.1. The van der Waals surface area contributed by atoms with Crippen LogP contribution >= 0.6 is 0 Å². The van der Waals surface area contributed by atoms with E-state index in [0.29, 0.717) is 6.42 Å². The molecule has 0 amide bonds. The lowest BCUT2D eigenvalue weighted by Crippen LogP contribution is -2.17. The van der Waals surface area contributed by atoms with Crippen molar-refractivity contribution in [2.45, 2.75) is 84.7 Å². The van der Waals surface area contributed by atoms with Gasteiger partial charge in [-0.3, -0.25) is 4.79 Å².